The van der Waals surface area contributed by atoms with E-state index in [0.717, 1.165) is 16.8 Å². The van der Waals surface area contributed by atoms with Crippen LogP contribution in [0.15, 0.2) is 42.6 Å². The van der Waals surface area contributed by atoms with E-state index in [1.54, 1.807) is 18.2 Å². The van der Waals surface area contributed by atoms with Gasteiger partial charge in [-0.3, -0.25) is 0 Å². The number of methoxy groups -OCH3 is 1. The van der Waals surface area contributed by atoms with E-state index in [-0.39, 0.29) is 11.4 Å². The van der Waals surface area contributed by atoms with Crippen LogP contribution in [-0.2, 0) is 6.18 Å². The number of benzene rings is 1. The first-order valence-corrected chi connectivity index (χ1v) is 7.18. The fraction of sp³-hybridized carbons (Fsp3) is 0.125. The average Bonchev–Trinajstić information content (AvgIpc) is 3.11. The van der Waals surface area contributed by atoms with E-state index in [9.17, 15) is 18.0 Å². The molecular formula is C16H11F3N4O3. The molecule has 7 nitrogen and oxygen atoms in total. The van der Waals surface area contributed by atoms with Crippen molar-refractivity contribution in [3.05, 3.63) is 54.0 Å². The van der Waals surface area contributed by atoms with Gasteiger partial charge in [0.15, 0.2) is 11.4 Å². The summed E-state index contributed by atoms with van der Waals surface area (Å²) in [5.74, 6) is -1.27. The first kappa shape index (κ1) is 17.4. The summed E-state index contributed by atoms with van der Waals surface area (Å²) in [7, 11) is 1.43. The minimum Gasteiger partial charge on any atom is -0.497 e. The molecule has 3 rings (SSSR count). The molecule has 26 heavy (non-hydrogen) atoms. The molecule has 2 aromatic heterocycles. The Morgan fingerprint density at radius 3 is 2.58 bits per heavy atom. The number of hydrogen-bond donors (Lipinski definition) is 1. The molecule has 134 valence electrons. The molecule has 0 radical (unpaired) electrons. The van der Waals surface area contributed by atoms with Crippen molar-refractivity contribution in [2.75, 3.05) is 7.11 Å². The van der Waals surface area contributed by atoms with Gasteiger partial charge in [-0.15, -0.1) is 0 Å². The highest BCUT2D eigenvalue weighted by atomic mass is 19.4. The Labute approximate surface area is 144 Å². The van der Waals surface area contributed by atoms with Crippen molar-refractivity contribution in [2.45, 2.75) is 6.18 Å². The van der Waals surface area contributed by atoms with E-state index in [4.69, 9.17) is 9.84 Å². The minimum atomic E-state index is -4.71. The predicted molar refractivity (Wildman–Crippen MR) is 83.1 cm³/mol. The monoisotopic (exact) mass is 364 g/mol. The third-order valence-corrected chi connectivity index (χ3v) is 3.38. The highest BCUT2D eigenvalue weighted by Gasteiger charge is 2.34. The Balaban J connectivity index is 2.16. The molecule has 0 unspecified atom stereocenters. The van der Waals surface area contributed by atoms with Gasteiger partial charge in [0.25, 0.3) is 5.95 Å². The molecule has 2 heterocycles. The minimum absolute atomic E-state index is 0.00593. The maximum absolute atomic E-state index is 13.2. The summed E-state index contributed by atoms with van der Waals surface area (Å²) in [6.45, 7) is 0. The number of aromatic nitrogens is 4. The van der Waals surface area contributed by atoms with Crippen LogP contribution in [0.1, 0.15) is 16.2 Å². The Morgan fingerprint density at radius 2 is 1.96 bits per heavy atom. The molecule has 0 amide bonds. The van der Waals surface area contributed by atoms with E-state index in [1.165, 1.54) is 19.4 Å². The highest BCUT2D eigenvalue weighted by molar-refractivity contribution is 5.85. The van der Waals surface area contributed by atoms with Crippen LogP contribution in [0, 0.1) is 0 Å². The second-order valence-electron chi connectivity index (χ2n) is 5.12. The van der Waals surface area contributed by atoms with Crippen LogP contribution in [0.25, 0.3) is 17.2 Å². The van der Waals surface area contributed by atoms with Gasteiger partial charge < -0.3 is 9.84 Å². The number of nitrogens with zero attached hydrogens (tertiary/aromatic N) is 4. The Morgan fingerprint density at radius 1 is 1.19 bits per heavy atom. The number of carboxylic acid groups (broad SMARTS) is 1. The third-order valence-electron chi connectivity index (χ3n) is 3.38. The van der Waals surface area contributed by atoms with Gasteiger partial charge in [-0.25, -0.2) is 19.4 Å². The number of hydrogen-bond acceptors (Lipinski definition) is 5. The van der Waals surface area contributed by atoms with Crippen molar-refractivity contribution in [3.8, 4) is 23.0 Å². The van der Waals surface area contributed by atoms with Gasteiger partial charge in [0.1, 0.15) is 5.75 Å². The fourth-order valence-electron chi connectivity index (χ4n) is 2.16. The first-order valence-electron chi connectivity index (χ1n) is 7.18. The van der Waals surface area contributed by atoms with Gasteiger partial charge in [0.2, 0.25) is 0 Å². The lowest BCUT2D eigenvalue weighted by molar-refractivity contribution is -0.141. The van der Waals surface area contributed by atoms with Crippen LogP contribution in [0.5, 0.6) is 5.75 Å². The van der Waals surface area contributed by atoms with Gasteiger partial charge in [-0.05, 0) is 24.3 Å². The molecule has 0 spiro atoms. The van der Waals surface area contributed by atoms with Gasteiger partial charge in [-0.1, -0.05) is 12.1 Å². The van der Waals surface area contributed by atoms with E-state index in [2.05, 4.69) is 15.1 Å². The molecule has 0 aliphatic rings. The summed E-state index contributed by atoms with van der Waals surface area (Å²) in [6, 6.07) is 8.29. The number of carbonyl (C=O) groups is 1. The molecule has 0 bridgehead atoms. The molecule has 3 aromatic rings. The molecule has 1 N–H and O–H groups in total. The number of ether oxygens (including phenoxy) is 1. The zero-order valence-corrected chi connectivity index (χ0v) is 13.2. The molecule has 0 aliphatic carbocycles. The van der Waals surface area contributed by atoms with Crippen LogP contribution in [0.3, 0.4) is 0 Å². The summed E-state index contributed by atoms with van der Waals surface area (Å²) in [6.07, 6.45) is -3.54. The fourth-order valence-corrected chi connectivity index (χ4v) is 2.16. The summed E-state index contributed by atoms with van der Waals surface area (Å²) >= 11 is 0. The average molecular weight is 364 g/mol. The van der Waals surface area contributed by atoms with Crippen LogP contribution in [-0.4, -0.2) is 37.9 Å². The maximum atomic E-state index is 13.2. The Kier molecular flexibility index (Phi) is 4.33. The van der Waals surface area contributed by atoms with Crippen LogP contribution in [0.4, 0.5) is 13.2 Å². The number of rotatable bonds is 4. The molecule has 0 fully saturated rings. The highest BCUT2D eigenvalue weighted by Crippen LogP contribution is 2.31. The SMILES string of the molecule is COc1cccc(-c2cc(C(F)(F)F)nc(-n3ccc(C(=O)O)n3)n2)c1. The zero-order valence-electron chi connectivity index (χ0n) is 13.2. The van der Waals surface area contributed by atoms with Crippen LogP contribution in [0.2, 0.25) is 0 Å². The number of aromatic carboxylic acids is 1. The summed E-state index contributed by atoms with van der Waals surface area (Å²) in [5.41, 5.74) is -1.14. The molecule has 0 saturated heterocycles. The maximum Gasteiger partial charge on any atom is 0.433 e. The van der Waals surface area contributed by atoms with Crippen molar-refractivity contribution >= 4 is 5.97 Å². The summed E-state index contributed by atoms with van der Waals surface area (Å²) < 4.78 is 45.6. The Bertz CT molecular complexity index is 969. The second kappa shape index (κ2) is 6.47. The first-order chi connectivity index (χ1) is 12.3. The van der Waals surface area contributed by atoms with Gasteiger partial charge in [0.05, 0.1) is 12.8 Å². The zero-order chi connectivity index (χ0) is 18.9. The molecule has 1 aromatic carbocycles. The molecule has 0 aliphatic heterocycles. The standard InChI is InChI=1S/C16H11F3N4O3/c1-26-10-4-2-3-9(7-10)12-8-13(16(17,18)19)21-15(20-12)23-6-5-11(22-23)14(24)25/h2-8H,1H3,(H,24,25). The lowest BCUT2D eigenvalue weighted by Gasteiger charge is -2.11. The smallest absolute Gasteiger partial charge is 0.433 e. The molecule has 10 heteroatoms. The second-order valence-corrected chi connectivity index (χ2v) is 5.12. The predicted octanol–water partition coefficient (Wildman–Crippen LogP) is 3.05. The van der Waals surface area contributed by atoms with Crippen LogP contribution < -0.4 is 4.74 Å². The number of alkyl halides is 3. The number of carboxylic acids is 1. The molecule has 0 saturated carbocycles. The largest absolute Gasteiger partial charge is 0.497 e. The number of halogens is 3. The van der Waals surface area contributed by atoms with E-state index >= 15 is 0 Å². The lowest BCUT2D eigenvalue weighted by Crippen LogP contribution is -2.13. The summed E-state index contributed by atoms with van der Waals surface area (Å²) in [4.78, 5) is 18.5. The topological polar surface area (TPSA) is 90.1 Å². The van der Waals surface area contributed by atoms with E-state index in [1.807, 2.05) is 0 Å². The Hall–Kier alpha value is -3.43. The quantitative estimate of drug-likeness (QED) is 0.765. The van der Waals surface area contributed by atoms with Crippen molar-refractivity contribution < 1.29 is 27.8 Å². The third kappa shape index (κ3) is 3.48. The van der Waals surface area contributed by atoms with Gasteiger partial charge in [0, 0.05) is 11.8 Å². The molecular weight excluding hydrogens is 353 g/mol. The molecule has 0 atom stereocenters. The van der Waals surface area contributed by atoms with Crippen molar-refractivity contribution in [2.24, 2.45) is 0 Å². The van der Waals surface area contributed by atoms with Crippen molar-refractivity contribution in [1.29, 1.82) is 0 Å². The van der Waals surface area contributed by atoms with Crippen molar-refractivity contribution in [1.82, 2.24) is 19.7 Å². The van der Waals surface area contributed by atoms with Crippen LogP contribution >= 0.6 is 0 Å². The van der Waals surface area contributed by atoms with E-state index in [0.29, 0.717) is 11.3 Å². The van der Waals surface area contributed by atoms with Crippen molar-refractivity contribution in [3.63, 3.8) is 0 Å². The lowest BCUT2D eigenvalue weighted by atomic mass is 10.1. The van der Waals surface area contributed by atoms with E-state index < -0.39 is 23.8 Å². The van der Waals surface area contributed by atoms with Gasteiger partial charge >= 0.3 is 12.1 Å². The normalized spacial score (nSPS) is 11.4. The van der Waals surface area contributed by atoms with Gasteiger partial charge in [-0.2, -0.15) is 18.3 Å². The summed E-state index contributed by atoms with van der Waals surface area (Å²) in [5, 5.41) is 12.6.